The van der Waals surface area contributed by atoms with Crippen molar-refractivity contribution in [3.8, 4) is 5.75 Å². The highest BCUT2D eigenvalue weighted by molar-refractivity contribution is 14.1. The van der Waals surface area contributed by atoms with Crippen molar-refractivity contribution in [3.63, 3.8) is 0 Å². The number of anilines is 1. The Hall–Kier alpha value is -1.89. The molecular weight excluding hydrogens is 369 g/mol. The van der Waals surface area contributed by atoms with Crippen LogP contribution in [0.25, 0.3) is 0 Å². The molecule has 5 heteroatoms. The van der Waals surface area contributed by atoms with Crippen LogP contribution in [0.15, 0.2) is 48.5 Å². The van der Waals surface area contributed by atoms with Crippen molar-refractivity contribution < 1.29 is 14.3 Å². The fraction of sp³-hybridized carbons (Fsp3) is 0.0667. The van der Waals surface area contributed by atoms with Gasteiger partial charge in [-0.25, -0.2) is 0 Å². The second-order valence-corrected chi connectivity index (χ2v) is 5.22. The number of rotatable bonds is 3. The first kappa shape index (κ1) is 14.5. The third-order valence-electron chi connectivity index (χ3n) is 2.47. The maximum Gasteiger partial charge on any atom is 0.308 e. The van der Waals surface area contributed by atoms with Crippen LogP contribution in [0.4, 0.5) is 5.69 Å². The molecule has 0 atom stereocenters. The van der Waals surface area contributed by atoms with E-state index in [2.05, 4.69) is 27.9 Å². The standard InChI is InChI=1S/C15H12INO3/c1-10(18)20-12-6-4-5-11(9-12)17-15(19)13-7-2-3-8-14(13)16/h2-9H,1H3,(H,17,19). The maximum absolute atomic E-state index is 12.1. The van der Waals surface area contributed by atoms with E-state index < -0.39 is 5.97 Å². The fourth-order valence-corrected chi connectivity index (χ4v) is 2.28. The molecule has 0 heterocycles. The number of hydrogen-bond donors (Lipinski definition) is 1. The molecule has 0 fully saturated rings. The van der Waals surface area contributed by atoms with Crippen LogP contribution in [0.5, 0.6) is 5.75 Å². The molecule has 4 nitrogen and oxygen atoms in total. The first-order valence-electron chi connectivity index (χ1n) is 5.90. The molecule has 0 aliphatic carbocycles. The van der Waals surface area contributed by atoms with Gasteiger partial charge in [0, 0.05) is 22.2 Å². The molecular formula is C15H12INO3. The Labute approximate surface area is 130 Å². The van der Waals surface area contributed by atoms with E-state index in [1.165, 1.54) is 6.92 Å². The van der Waals surface area contributed by atoms with Gasteiger partial charge in [0.2, 0.25) is 0 Å². The summed E-state index contributed by atoms with van der Waals surface area (Å²) in [6.45, 7) is 1.33. The van der Waals surface area contributed by atoms with Crippen molar-refractivity contribution in [2.45, 2.75) is 6.92 Å². The summed E-state index contributed by atoms with van der Waals surface area (Å²) in [5.41, 5.74) is 1.18. The molecule has 2 rings (SSSR count). The molecule has 1 N–H and O–H groups in total. The van der Waals surface area contributed by atoms with Crippen LogP contribution in [0.3, 0.4) is 0 Å². The normalized spacial score (nSPS) is 9.90. The van der Waals surface area contributed by atoms with Gasteiger partial charge in [0.15, 0.2) is 0 Å². The third-order valence-corrected chi connectivity index (χ3v) is 3.41. The van der Waals surface area contributed by atoms with Crippen molar-refractivity contribution in [1.82, 2.24) is 0 Å². The van der Waals surface area contributed by atoms with Crippen molar-refractivity contribution in [2.24, 2.45) is 0 Å². The van der Waals surface area contributed by atoms with Gasteiger partial charge in [0.1, 0.15) is 5.75 Å². The molecule has 2 aromatic carbocycles. The molecule has 102 valence electrons. The maximum atomic E-state index is 12.1. The summed E-state index contributed by atoms with van der Waals surface area (Å²) in [4.78, 5) is 23.0. The predicted octanol–water partition coefficient (Wildman–Crippen LogP) is 3.47. The molecule has 1 amide bonds. The van der Waals surface area contributed by atoms with E-state index in [9.17, 15) is 9.59 Å². The number of halogens is 1. The van der Waals surface area contributed by atoms with E-state index in [0.717, 1.165) is 3.57 Å². The first-order valence-corrected chi connectivity index (χ1v) is 6.98. The molecule has 0 saturated carbocycles. The lowest BCUT2D eigenvalue weighted by Gasteiger charge is -2.08. The second-order valence-electron chi connectivity index (χ2n) is 4.06. The Morgan fingerprint density at radius 3 is 2.55 bits per heavy atom. The summed E-state index contributed by atoms with van der Waals surface area (Å²) >= 11 is 2.11. The molecule has 2 aromatic rings. The highest BCUT2D eigenvalue weighted by atomic mass is 127. The topological polar surface area (TPSA) is 55.4 Å². The number of benzene rings is 2. The lowest BCUT2D eigenvalue weighted by Crippen LogP contribution is -2.13. The molecule has 0 aliphatic rings. The van der Waals surface area contributed by atoms with Crippen LogP contribution >= 0.6 is 22.6 Å². The molecule has 0 radical (unpaired) electrons. The van der Waals surface area contributed by atoms with Crippen LogP contribution in [0.1, 0.15) is 17.3 Å². The van der Waals surface area contributed by atoms with Gasteiger partial charge in [-0.05, 0) is 46.9 Å². The number of carbonyl (C=O) groups excluding carboxylic acids is 2. The van der Waals surface area contributed by atoms with Crippen LogP contribution < -0.4 is 10.1 Å². The lowest BCUT2D eigenvalue weighted by atomic mass is 10.2. The number of hydrogen-bond acceptors (Lipinski definition) is 3. The van der Waals surface area contributed by atoms with E-state index in [-0.39, 0.29) is 5.91 Å². The highest BCUT2D eigenvalue weighted by Gasteiger charge is 2.09. The molecule has 0 spiro atoms. The zero-order valence-corrected chi connectivity index (χ0v) is 12.9. The van der Waals surface area contributed by atoms with Gasteiger partial charge < -0.3 is 10.1 Å². The Balaban J connectivity index is 2.16. The minimum Gasteiger partial charge on any atom is -0.427 e. The van der Waals surface area contributed by atoms with E-state index in [0.29, 0.717) is 17.0 Å². The number of amides is 1. The minimum atomic E-state index is -0.397. The van der Waals surface area contributed by atoms with Gasteiger partial charge in [-0.3, -0.25) is 9.59 Å². The second kappa shape index (κ2) is 6.51. The Morgan fingerprint density at radius 1 is 1.10 bits per heavy atom. The monoisotopic (exact) mass is 381 g/mol. The predicted molar refractivity (Wildman–Crippen MR) is 84.9 cm³/mol. The number of esters is 1. The Kier molecular flexibility index (Phi) is 4.73. The fourth-order valence-electron chi connectivity index (χ4n) is 1.65. The van der Waals surface area contributed by atoms with Crippen LogP contribution in [-0.2, 0) is 4.79 Å². The smallest absolute Gasteiger partial charge is 0.308 e. The molecule has 20 heavy (non-hydrogen) atoms. The summed E-state index contributed by atoms with van der Waals surface area (Å²) in [5.74, 6) is -0.195. The number of carbonyl (C=O) groups is 2. The average Bonchev–Trinajstić information content (AvgIpc) is 2.38. The summed E-state index contributed by atoms with van der Waals surface area (Å²) in [6.07, 6.45) is 0. The van der Waals surface area contributed by atoms with Gasteiger partial charge in [-0.2, -0.15) is 0 Å². The number of ether oxygens (including phenoxy) is 1. The highest BCUT2D eigenvalue weighted by Crippen LogP contribution is 2.19. The molecule has 0 aliphatic heterocycles. The van der Waals surface area contributed by atoms with Crippen LogP contribution in [0.2, 0.25) is 0 Å². The quantitative estimate of drug-likeness (QED) is 0.503. The zero-order valence-electron chi connectivity index (χ0n) is 10.7. The summed E-state index contributed by atoms with van der Waals surface area (Å²) in [6, 6.07) is 14.0. The van der Waals surface area contributed by atoms with Crippen LogP contribution in [0, 0.1) is 3.57 Å². The van der Waals surface area contributed by atoms with E-state index in [1.807, 2.05) is 18.2 Å². The van der Waals surface area contributed by atoms with Crippen molar-refractivity contribution >= 4 is 40.2 Å². The Bertz CT molecular complexity index is 655. The summed E-state index contributed by atoms with van der Waals surface area (Å²) in [7, 11) is 0. The summed E-state index contributed by atoms with van der Waals surface area (Å²) < 4.78 is 5.85. The molecule has 0 aromatic heterocycles. The largest absolute Gasteiger partial charge is 0.427 e. The van der Waals surface area contributed by atoms with E-state index in [1.54, 1.807) is 30.3 Å². The zero-order chi connectivity index (χ0) is 14.5. The van der Waals surface area contributed by atoms with Gasteiger partial charge in [-0.1, -0.05) is 18.2 Å². The molecule has 0 saturated heterocycles. The lowest BCUT2D eigenvalue weighted by molar-refractivity contribution is -0.131. The van der Waals surface area contributed by atoms with Gasteiger partial charge in [0.25, 0.3) is 5.91 Å². The summed E-state index contributed by atoms with van der Waals surface area (Å²) in [5, 5.41) is 2.78. The average molecular weight is 381 g/mol. The third kappa shape index (κ3) is 3.80. The van der Waals surface area contributed by atoms with Gasteiger partial charge in [-0.15, -0.1) is 0 Å². The number of nitrogens with one attached hydrogen (secondary N) is 1. The first-order chi connectivity index (χ1) is 9.56. The van der Waals surface area contributed by atoms with Crippen molar-refractivity contribution in [3.05, 3.63) is 57.7 Å². The van der Waals surface area contributed by atoms with E-state index >= 15 is 0 Å². The van der Waals surface area contributed by atoms with E-state index in [4.69, 9.17) is 4.74 Å². The van der Waals surface area contributed by atoms with Gasteiger partial charge >= 0.3 is 5.97 Å². The van der Waals surface area contributed by atoms with Crippen molar-refractivity contribution in [1.29, 1.82) is 0 Å². The SMILES string of the molecule is CC(=O)Oc1cccc(NC(=O)c2ccccc2I)c1. The Morgan fingerprint density at radius 2 is 1.85 bits per heavy atom. The van der Waals surface area contributed by atoms with Crippen LogP contribution in [-0.4, -0.2) is 11.9 Å². The van der Waals surface area contributed by atoms with Crippen molar-refractivity contribution in [2.75, 3.05) is 5.32 Å². The molecule has 0 bridgehead atoms. The molecule has 0 unspecified atom stereocenters. The van der Waals surface area contributed by atoms with Gasteiger partial charge in [0.05, 0.1) is 5.56 Å². The minimum absolute atomic E-state index is 0.199.